The molecule has 0 fully saturated rings. The molecule has 0 aromatic heterocycles. The Labute approximate surface area is 112 Å². The molecule has 0 saturated heterocycles. The van der Waals surface area contributed by atoms with Crippen molar-refractivity contribution < 1.29 is 13.5 Å². The van der Waals surface area contributed by atoms with Gasteiger partial charge in [0.1, 0.15) is 12.4 Å². The zero-order valence-corrected chi connectivity index (χ0v) is 11.7. The number of fused-ring (bicyclic) bond motifs is 1. The number of benzene rings is 1. The van der Waals surface area contributed by atoms with Gasteiger partial charge in [0, 0.05) is 11.1 Å². The van der Waals surface area contributed by atoms with E-state index in [1.54, 1.807) is 26.8 Å². The van der Waals surface area contributed by atoms with Crippen molar-refractivity contribution in [3.8, 4) is 5.75 Å². The highest BCUT2D eigenvalue weighted by atomic mass is 19.1. The standard InChI is InChI=1S/C16H18F2O/c1-5-11-12-7-6-10(4)15(18)16(12)19-8-13(11)14(17)9(2)3/h6-7H,5,8H2,1-4H3. The highest BCUT2D eigenvalue weighted by Gasteiger charge is 2.25. The number of ether oxygens (including phenoxy) is 1. The van der Waals surface area contributed by atoms with Crippen LogP contribution in [0.1, 0.15) is 38.3 Å². The maximum Gasteiger partial charge on any atom is 0.168 e. The Morgan fingerprint density at radius 1 is 1.32 bits per heavy atom. The van der Waals surface area contributed by atoms with Crippen molar-refractivity contribution >= 4 is 5.57 Å². The lowest BCUT2D eigenvalue weighted by Crippen LogP contribution is -2.14. The van der Waals surface area contributed by atoms with Crippen molar-refractivity contribution in [2.75, 3.05) is 6.61 Å². The Bertz CT molecular complexity index is 579. The molecule has 1 aliphatic rings. The van der Waals surface area contributed by atoms with Crippen LogP contribution in [-0.4, -0.2) is 6.61 Å². The van der Waals surface area contributed by atoms with Gasteiger partial charge in [-0.05, 0) is 43.9 Å². The van der Waals surface area contributed by atoms with Crippen LogP contribution in [0.5, 0.6) is 5.75 Å². The summed E-state index contributed by atoms with van der Waals surface area (Å²) < 4.78 is 33.6. The largest absolute Gasteiger partial charge is 0.485 e. The Morgan fingerprint density at radius 2 is 2.00 bits per heavy atom. The van der Waals surface area contributed by atoms with Crippen molar-refractivity contribution in [1.29, 1.82) is 0 Å². The van der Waals surface area contributed by atoms with Gasteiger partial charge in [0.05, 0.1) is 0 Å². The summed E-state index contributed by atoms with van der Waals surface area (Å²) >= 11 is 0. The first-order chi connectivity index (χ1) is 8.97. The molecule has 0 aliphatic carbocycles. The molecule has 0 radical (unpaired) electrons. The Balaban J connectivity index is 2.67. The van der Waals surface area contributed by atoms with Crippen molar-refractivity contribution in [3.05, 3.63) is 46.0 Å². The molecule has 0 bridgehead atoms. The molecule has 1 aliphatic heterocycles. The molecule has 19 heavy (non-hydrogen) atoms. The van der Waals surface area contributed by atoms with Crippen LogP contribution >= 0.6 is 0 Å². The van der Waals surface area contributed by atoms with E-state index in [2.05, 4.69) is 0 Å². The van der Waals surface area contributed by atoms with Crippen LogP contribution in [0, 0.1) is 12.7 Å². The van der Waals surface area contributed by atoms with E-state index < -0.39 is 0 Å². The first kappa shape index (κ1) is 13.8. The van der Waals surface area contributed by atoms with E-state index in [0.29, 0.717) is 28.7 Å². The summed E-state index contributed by atoms with van der Waals surface area (Å²) in [7, 11) is 0. The molecule has 102 valence electrons. The topological polar surface area (TPSA) is 9.23 Å². The van der Waals surface area contributed by atoms with Gasteiger partial charge < -0.3 is 4.74 Å². The van der Waals surface area contributed by atoms with Gasteiger partial charge >= 0.3 is 0 Å². The van der Waals surface area contributed by atoms with Crippen LogP contribution in [0.15, 0.2) is 29.1 Å². The van der Waals surface area contributed by atoms with Crippen molar-refractivity contribution in [2.45, 2.75) is 34.1 Å². The number of aryl methyl sites for hydroxylation is 1. The molecule has 1 nitrogen and oxygen atoms in total. The van der Waals surface area contributed by atoms with Gasteiger partial charge in [0.15, 0.2) is 11.6 Å². The van der Waals surface area contributed by atoms with Crippen molar-refractivity contribution in [3.63, 3.8) is 0 Å². The lowest BCUT2D eigenvalue weighted by Gasteiger charge is -2.24. The molecule has 0 unspecified atom stereocenters. The number of halogens is 2. The van der Waals surface area contributed by atoms with E-state index in [-0.39, 0.29) is 24.0 Å². The summed E-state index contributed by atoms with van der Waals surface area (Å²) in [6.45, 7) is 7.18. The van der Waals surface area contributed by atoms with Crippen LogP contribution in [-0.2, 0) is 0 Å². The average molecular weight is 264 g/mol. The third kappa shape index (κ3) is 2.29. The zero-order valence-electron chi connectivity index (χ0n) is 11.7. The molecule has 1 aromatic rings. The molecule has 0 spiro atoms. The number of rotatable bonds is 2. The second kappa shape index (κ2) is 5.16. The first-order valence-corrected chi connectivity index (χ1v) is 6.45. The summed E-state index contributed by atoms with van der Waals surface area (Å²) in [6, 6.07) is 3.51. The van der Waals surface area contributed by atoms with E-state index in [9.17, 15) is 8.78 Å². The molecule has 1 heterocycles. The number of hydrogen-bond donors (Lipinski definition) is 0. The second-order valence-electron chi connectivity index (χ2n) is 4.99. The normalized spacial score (nSPS) is 14.0. The van der Waals surface area contributed by atoms with Crippen LogP contribution in [0.4, 0.5) is 8.78 Å². The molecular weight excluding hydrogens is 246 g/mol. The zero-order chi connectivity index (χ0) is 14.2. The SMILES string of the molecule is CCC1=C(C(F)=C(C)C)COc2c1ccc(C)c2F. The van der Waals surface area contributed by atoms with E-state index >= 15 is 0 Å². The summed E-state index contributed by atoms with van der Waals surface area (Å²) in [6.07, 6.45) is 0.648. The maximum atomic E-state index is 14.2. The highest BCUT2D eigenvalue weighted by molar-refractivity contribution is 5.78. The fourth-order valence-corrected chi connectivity index (χ4v) is 2.33. The maximum absolute atomic E-state index is 14.2. The third-order valence-corrected chi connectivity index (χ3v) is 3.40. The first-order valence-electron chi connectivity index (χ1n) is 6.45. The smallest absolute Gasteiger partial charge is 0.168 e. The second-order valence-corrected chi connectivity index (χ2v) is 4.99. The summed E-state index contributed by atoms with van der Waals surface area (Å²) in [5, 5.41) is 0. The molecule has 0 amide bonds. The van der Waals surface area contributed by atoms with Gasteiger partial charge in [0.2, 0.25) is 0 Å². The molecule has 2 rings (SSSR count). The molecule has 0 atom stereocenters. The van der Waals surface area contributed by atoms with Gasteiger partial charge in [-0.2, -0.15) is 0 Å². The Morgan fingerprint density at radius 3 is 2.58 bits per heavy atom. The van der Waals surface area contributed by atoms with Gasteiger partial charge in [-0.25, -0.2) is 8.78 Å². The van der Waals surface area contributed by atoms with E-state index in [1.807, 2.05) is 13.0 Å². The number of allylic oxidation sites excluding steroid dienone is 2. The minimum Gasteiger partial charge on any atom is -0.485 e. The monoisotopic (exact) mass is 264 g/mol. The minimum atomic E-state index is -0.347. The van der Waals surface area contributed by atoms with Gasteiger partial charge in [-0.1, -0.05) is 19.1 Å². The molecule has 3 heteroatoms. The summed E-state index contributed by atoms with van der Waals surface area (Å²) in [5.41, 5.74) is 3.20. The van der Waals surface area contributed by atoms with Crippen molar-refractivity contribution in [1.82, 2.24) is 0 Å². The van der Waals surface area contributed by atoms with Crippen LogP contribution < -0.4 is 4.74 Å². The summed E-state index contributed by atoms with van der Waals surface area (Å²) in [4.78, 5) is 0. The van der Waals surface area contributed by atoms with Crippen LogP contribution in [0.25, 0.3) is 5.57 Å². The lowest BCUT2D eigenvalue weighted by atomic mass is 9.92. The molecule has 0 saturated carbocycles. The predicted molar refractivity (Wildman–Crippen MR) is 73.3 cm³/mol. The molecule has 1 aromatic carbocycles. The van der Waals surface area contributed by atoms with E-state index in [0.717, 1.165) is 5.57 Å². The Kier molecular flexibility index (Phi) is 3.74. The lowest BCUT2D eigenvalue weighted by molar-refractivity contribution is 0.321. The van der Waals surface area contributed by atoms with E-state index in [1.165, 1.54) is 0 Å². The van der Waals surface area contributed by atoms with Crippen LogP contribution in [0.2, 0.25) is 0 Å². The van der Waals surface area contributed by atoms with E-state index in [4.69, 9.17) is 4.74 Å². The number of hydrogen-bond acceptors (Lipinski definition) is 1. The minimum absolute atomic E-state index is 0.0908. The average Bonchev–Trinajstić information content (AvgIpc) is 2.40. The molecular formula is C16H18F2O. The van der Waals surface area contributed by atoms with Gasteiger partial charge in [-0.15, -0.1) is 0 Å². The van der Waals surface area contributed by atoms with Crippen molar-refractivity contribution in [2.24, 2.45) is 0 Å². The fraction of sp³-hybridized carbons (Fsp3) is 0.375. The molecule has 0 N–H and O–H groups in total. The highest BCUT2D eigenvalue weighted by Crippen LogP contribution is 2.40. The summed E-state index contributed by atoms with van der Waals surface area (Å²) in [5.74, 6) is -0.342. The fourth-order valence-electron chi connectivity index (χ4n) is 2.33. The third-order valence-electron chi connectivity index (χ3n) is 3.40. The van der Waals surface area contributed by atoms with Crippen LogP contribution in [0.3, 0.4) is 0 Å². The quantitative estimate of drug-likeness (QED) is 0.734. The Hall–Kier alpha value is -1.64. The van der Waals surface area contributed by atoms with Gasteiger partial charge in [-0.3, -0.25) is 0 Å². The van der Waals surface area contributed by atoms with Gasteiger partial charge in [0.25, 0.3) is 0 Å². The predicted octanol–water partition coefficient (Wildman–Crippen LogP) is 4.95.